The molecule has 12 nitrogen and oxygen atoms in total. The molecule has 47 heavy (non-hydrogen) atoms. The Morgan fingerprint density at radius 3 is 2.55 bits per heavy atom. The molecule has 2 bridgehead atoms. The zero-order chi connectivity index (χ0) is 33.9. The number of methoxy groups -OCH3 is 2. The lowest BCUT2D eigenvalue weighted by Crippen LogP contribution is -2.42. The first kappa shape index (κ1) is 38.7. The number of aromatic nitrogens is 1. The van der Waals surface area contributed by atoms with Gasteiger partial charge in [0.25, 0.3) is 0 Å². The van der Waals surface area contributed by atoms with Crippen LogP contribution in [-0.2, 0) is 39.6 Å². The number of ether oxygens (including phenoxy) is 6. The van der Waals surface area contributed by atoms with Gasteiger partial charge in [0.15, 0.2) is 6.29 Å². The van der Waals surface area contributed by atoms with Crippen molar-refractivity contribution in [1.29, 1.82) is 0 Å². The highest BCUT2D eigenvalue weighted by molar-refractivity contribution is 5.82. The van der Waals surface area contributed by atoms with Crippen LogP contribution in [0.3, 0.4) is 0 Å². The Balaban J connectivity index is 1.55. The third-order valence-electron chi connectivity index (χ3n) is 8.50. The fraction of sp³-hybridized carbons (Fsp3) is 0.743. The number of hydrogen-bond acceptors (Lipinski definition) is 11. The van der Waals surface area contributed by atoms with Gasteiger partial charge in [0, 0.05) is 45.6 Å². The van der Waals surface area contributed by atoms with Gasteiger partial charge >= 0.3 is 12.1 Å². The summed E-state index contributed by atoms with van der Waals surface area (Å²) in [6, 6.07) is 0. The van der Waals surface area contributed by atoms with Gasteiger partial charge in [0.2, 0.25) is 5.89 Å². The molecule has 12 heteroatoms. The van der Waals surface area contributed by atoms with Gasteiger partial charge in [-0.1, -0.05) is 45.3 Å². The van der Waals surface area contributed by atoms with E-state index in [0.29, 0.717) is 57.6 Å². The summed E-state index contributed by atoms with van der Waals surface area (Å²) in [6.45, 7) is 5.16. The van der Waals surface area contributed by atoms with Crippen LogP contribution in [0.2, 0.25) is 0 Å². The fourth-order valence-corrected chi connectivity index (χ4v) is 5.97. The van der Waals surface area contributed by atoms with Gasteiger partial charge in [0.05, 0.1) is 43.3 Å². The second-order valence-corrected chi connectivity index (χ2v) is 12.3. The topological polar surface area (TPSA) is 148 Å². The molecule has 1 aromatic rings. The summed E-state index contributed by atoms with van der Waals surface area (Å²) in [4.78, 5) is 28.3. The second-order valence-electron chi connectivity index (χ2n) is 12.3. The van der Waals surface area contributed by atoms with E-state index in [1.54, 1.807) is 31.6 Å². The molecular formula is C35H56N2O10. The second kappa shape index (κ2) is 22.0. The van der Waals surface area contributed by atoms with Crippen molar-refractivity contribution in [3.05, 3.63) is 36.1 Å². The summed E-state index contributed by atoms with van der Waals surface area (Å²) >= 11 is 0. The first-order chi connectivity index (χ1) is 22.8. The number of aryl methyl sites for hydroxylation is 1. The minimum atomic E-state index is -0.978. The zero-order valence-electron chi connectivity index (χ0n) is 28.6. The van der Waals surface area contributed by atoms with Gasteiger partial charge in [-0.2, -0.15) is 0 Å². The Kier molecular flexibility index (Phi) is 18.1. The average molecular weight is 665 g/mol. The number of carbonyl (C=O) groups is 2. The van der Waals surface area contributed by atoms with Crippen molar-refractivity contribution < 1.29 is 47.5 Å². The number of allylic oxidation sites excluding steroid dienone is 1. The number of carbonyl (C=O) groups excluding carboxylic acids is 2. The number of esters is 1. The van der Waals surface area contributed by atoms with Gasteiger partial charge in [-0.25, -0.2) is 14.6 Å². The highest BCUT2D eigenvalue weighted by Crippen LogP contribution is 2.30. The van der Waals surface area contributed by atoms with Gasteiger partial charge < -0.3 is 43.3 Å². The Morgan fingerprint density at radius 2 is 1.81 bits per heavy atom. The molecule has 4 unspecified atom stereocenters. The molecule has 1 aromatic heterocycles. The van der Waals surface area contributed by atoms with E-state index in [9.17, 15) is 14.7 Å². The van der Waals surface area contributed by atoms with Crippen molar-refractivity contribution in [1.82, 2.24) is 10.3 Å². The molecule has 2 aliphatic rings. The largest absolute Gasteiger partial charge is 0.459 e. The minimum absolute atomic E-state index is 0.0536. The lowest BCUT2D eigenvalue weighted by Gasteiger charge is -2.38. The molecular weight excluding hydrogens is 608 g/mol. The maximum Gasteiger partial charge on any atom is 0.407 e. The van der Waals surface area contributed by atoms with Crippen LogP contribution >= 0.6 is 0 Å². The highest BCUT2D eigenvalue weighted by Gasteiger charge is 2.35. The summed E-state index contributed by atoms with van der Waals surface area (Å²) in [6.07, 6.45) is 15.3. The third-order valence-corrected chi connectivity index (χ3v) is 8.50. The quantitative estimate of drug-likeness (QED) is 0.144. The molecule has 0 spiro atoms. The number of unbranched alkanes of at least 4 members (excludes halogenated alkanes) is 2. The van der Waals surface area contributed by atoms with Crippen molar-refractivity contribution in [3.63, 3.8) is 0 Å². The minimum Gasteiger partial charge on any atom is -0.459 e. The third kappa shape index (κ3) is 15.3. The van der Waals surface area contributed by atoms with Crippen molar-refractivity contribution in [3.8, 4) is 0 Å². The maximum atomic E-state index is 12.8. The van der Waals surface area contributed by atoms with Gasteiger partial charge in [0.1, 0.15) is 12.4 Å². The number of aliphatic hydroxyl groups excluding tert-OH is 1. The van der Waals surface area contributed by atoms with Gasteiger partial charge in [-0.05, 0) is 51.0 Å². The number of amides is 1. The summed E-state index contributed by atoms with van der Waals surface area (Å²) in [5.41, 5.74) is 0.746. The normalized spacial score (nSPS) is 27.8. The number of aliphatic hydroxyl groups is 1. The number of nitrogens with one attached hydrogen (secondary N) is 1. The lowest BCUT2D eigenvalue weighted by atomic mass is 9.93. The predicted octanol–water partition coefficient (Wildman–Crippen LogP) is 5.66. The van der Waals surface area contributed by atoms with E-state index in [1.165, 1.54) is 13.2 Å². The van der Waals surface area contributed by atoms with Crippen LogP contribution < -0.4 is 5.32 Å². The Bertz CT molecular complexity index is 1090. The number of rotatable bonds is 14. The molecule has 2 fully saturated rings. The van der Waals surface area contributed by atoms with Crippen LogP contribution in [0.4, 0.5) is 4.79 Å². The molecule has 2 saturated heterocycles. The lowest BCUT2D eigenvalue weighted by molar-refractivity contribution is -0.191. The summed E-state index contributed by atoms with van der Waals surface area (Å²) in [7, 11) is 3.02. The molecule has 7 atom stereocenters. The van der Waals surface area contributed by atoms with E-state index >= 15 is 0 Å². The van der Waals surface area contributed by atoms with E-state index in [1.807, 2.05) is 0 Å². The molecule has 2 aliphatic heterocycles. The molecule has 0 aliphatic carbocycles. The molecule has 3 heterocycles. The van der Waals surface area contributed by atoms with Crippen molar-refractivity contribution in [2.75, 3.05) is 27.4 Å². The smallest absolute Gasteiger partial charge is 0.407 e. The molecule has 0 saturated carbocycles. The fourth-order valence-electron chi connectivity index (χ4n) is 5.97. The van der Waals surface area contributed by atoms with E-state index < -0.39 is 18.4 Å². The number of alkyl carbamates (subject to hydrolysis) is 1. The van der Waals surface area contributed by atoms with E-state index in [0.717, 1.165) is 50.6 Å². The highest BCUT2D eigenvalue weighted by atomic mass is 16.6. The average Bonchev–Trinajstić information content (AvgIpc) is 3.50. The van der Waals surface area contributed by atoms with E-state index in [2.05, 4.69) is 28.9 Å². The van der Waals surface area contributed by atoms with Crippen LogP contribution in [0, 0.1) is 0 Å². The standard InChI is InChI=1S/C35H56N2O10/c1-5-7-8-13-27-16-18-43-26(6-2)19-28(41-3)20-29-21-30(22-31(45-29)23-34(39)46-27)47-33(38)15-10-9-12-25-24-44-32(37-25)14-11-17-36-35(40)42-4/h10-11,14-15,24,26-31,34,39H,5-9,12-13,16-23H2,1-4H3,(H,36,40)/b14-11-,15-10-/t26?,27-,28+,29?,30+,31?,34?/m0/s1. The first-order valence-electron chi connectivity index (χ1n) is 17.2. The molecule has 266 valence electrons. The molecule has 2 N–H and O–H groups in total. The zero-order valence-corrected chi connectivity index (χ0v) is 28.6. The number of nitrogens with zero attached hydrogens (tertiary/aromatic N) is 1. The van der Waals surface area contributed by atoms with Crippen molar-refractivity contribution in [2.24, 2.45) is 0 Å². The number of fused-ring (bicyclic) bond motifs is 2. The maximum absolute atomic E-state index is 12.8. The molecule has 3 rings (SSSR count). The van der Waals surface area contributed by atoms with Crippen LogP contribution in [0.1, 0.15) is 102 Å². The van der Waals surface area contributed by atoms with Crippen molar-refractivity contribution >= 4 is 18.1 Å². The van der Waals surface area contributed by atoms with Gasteiger partial charge in [-0.15, -0.1) is 0 Å². The number of hydrogen-bond donors (Lipinski definition) is 2. The number of oxazole rings is 1. The van der Waals surface area contributed by atoms with Crippen LogP contribution in [0.15, 0.2) is 28.9 Å². The monoisotopic (exact) mass is 664 g/mol. The Hall–Kier alpha value is -2.77. The summed E-state index contributed by atoms with van der Waals surface area (Å²) in [5.74, 6) is 0.00745. The van der Waals surface area contributed by atoms with Crippen LogP contribution in [0.5, 0.6) is 0 Å². The van der Waals surface area contributed by atoms with E-state index in [-0.39, 0.29) is 36.6 Å². The Labute approximate surface area is 279 Å². The molecule has 0 radical (unpaired) electrons. The van der Waals surface area contributed by atoms with Crippen LogP contribution in [-0.4, -0.2) is 92.4 Å². The van der Waals surface area contributed by atoms with Gasteiger partial charge in [-0.3, -0.25) is 0 Å². The molecule has 1 amide bonds. The first-order valence-corrected chi connectivity index (χ1v) is 17.2. The SMILES string of the molecule is CCCCC[C@H]1CCOC(CC)C[C@@H](OC)CC2C[C@@H](OC(=O)/C=C\CCc3coc(/C=C\CNC(=O)OC)n3)CC(CC(O)O1)O2. The van der Waals surface area contributed by atoms with Crippen molar-refractivity contribution in [2.45, 2.75) is 140 Å². The predicted molar refractivity (Wildman–Crippen MR) is 175 cm³/mol. The summed E-state index contributed by atoms with van der Waals surface area (Å²) < 4.78 is 40.5. The summed E-state index contributed by atoms with van der Waals surface area (Å²) in [5, 5.41) is 13.5. The van der Waals surface area contributed by atoms with E-state index in [4.69, 9.17) is 28.1 Å². The van der Waals surface area contributed by atoms with Crippen LogP contribution in [0.25, 0.3) is 6.08 Å². The Morgan fingerprint density at radius 1 is 1.02 bits per heavy atom. The molecule has 0 aromatic carbocycles.